The Morgan fingerprint density at radius 1 is 1.11 bits per heavy atom. The van der Waals surface area contributed by atoms with Crippen LogP contribution in [-0.4, -0.2) is 34.1 Å². The fourth-order valence-electron chi connectivity index (χ4n) is 2.57. The van der Waals surface area contributed by atoms with Gasteiger partial charge in [-0.25, -0.2) is 8.42 Å². The molecule has 0 fully saturated rings. The second-order valence-corrected chi connectivity index (χ2v) is 7.91. The van der Waals surface area contributed by atoms with Crippen molar-refractivity contribution in [3.63, 3.8) is 0 Å². The zero-order valence-corrected chi connectivity index (χ0v) is 16.7. The van der Waals surface area contributed by atoms with E-state index in [0.717, 1.165) is 5.56 Å². The average Bonchev–Trinajstić information content (AvgIpc) is 2.61. The lowest BCUT2D eigenvalue weighted by Crippen LogP contribution is -2.26. The molecule has 0 saturated carbocycles. The van der Waals surface area contributed by atoms with E-state index in [2.05, 4.69) is 10.0 Å². The molecule has 27 heavy (non-hydrogen) atoms. The third kappa shape index (κ3) is 6.08. The van der Waals surface area contributed by atoms with Gasteiger partial charge in [0.05, 0.1) is 4.90 Å². The van der Waals surface area contributed by atoms with Gasteiger partial charge in [0.2, 0.25) is 0 Å². The second-order valence-electron chi connectivity index (χ2n) is 6.26. The summed E-state index contributed by atoms with van der Waals surface area (Å²) in [6.45, 7) is 7.19. The first-order valence-corrected chi connectivity index (χ1v) is 10.4. The Bertz CT molecular complexity index is 895. The maximum Gasteiger partial charge on any atom is 0.262 e. The minimum atomic E-state index is -3.80. The van der Waals surface area contributed by atoms with E-state index in [1.165, 1.54) is 6.07 Å². The largest absolute Gasteiger partial charge is 0.382 e. The van der Waals surface area contributed by atoms with Gasteiger partial charge >= 0.3 is 0 Å². The number of carbonyl (C=O) groups excluding carboxylic acids is 1. The number of anilines is 1. The molecular formula is C20H26N2O4S. The smallest absolute Gasteiger partial charge is 0.262 e. The number of carbonyl (C=O) groups is 1. The molecule has 0 bridgehead atoms. The first-order chi connectivity index (χ1) is 12.8. The van der Waals surface area contributed by atoms with Crippen LogP contribution in [0.15, 0.2) is 47.4 Å². The van der Waals surface area contributed by atoms with Gasteiger partial charge in [-0.05, 0) is 62.6 Å². The summed E-state index contributed by atoms with van der Waals surface area (Å²) in [6.07, 6.45) is 0.700. The van der Waals surface area contributed by atoms with Crippen LogP contribution >= 0.6 is 0 Å². The Balaban J connectivity index is 2.14. The SMILES string of the molecule is CCOCCCNC(=O)c1ccc(C)c(S(=O)(=O)Nc2cccc(C)c2)c1. The highest BCUT2D eigenvalue weighted by Gasteiger charge is 2.19. The Morgan fingerprint density at radius 2 is 1.89 bits per heavy atom. The molecule has 6 nitrogen and oxygen atoms in total. The van der Waals surface area contributed by atoms with Crippen molar-refractivity contribution in [2.45, 2.75) is 32.1 Å². The summed E-state index contributed by atoms with van der Waals surface area (Å²) in [7, 11) is -3.80. The van der Waals surface area contributed by atoms with Gasteiger partial charge in [0, 0.05) is 31.0 Å². The van der Waals surface area contributed by atoms with Crippen molar-refractivity contribution in [2.24, 2.45) is 0 Å². The first-order valence-electron chi connectivity index (χ1n) is 8.89. The summed E-state index contributed by atoms with van der Waals surface area (Å²) >= 11 is 0. The normalized spacial score (nSPS) is 11.2. The van der Waals surface area contributed by atoms with Gasteiger partial charge in [-0.15, -0.1) is 0 Å². The van der Waals surface area contributed by atoms with Gasteiger partial charge < -0.3 is 10.1 Å². The molecule has 146 valence electrons. The second kappa shape index (κ2) is 9.53. The van der Waals surface area contributed by atoms with Crippen LogP contribution < -0.4 is 10.0 Å². The highest BCUT2D eigenvalue weighted by atomic mass is 32.2. The third-order valence-corrected chi connectivity index (χ3v) is 5.49. The summed E-state index contributed by atoms with van der Waals surface area (Å²) in [5.41, 5.74) is 2.32. The molecule has 0 aliphatic carbocycles. The van der Waals surface area contributed by atoms with Crippen LogP contribution in [-0.2, 0) is 14.8 Å². The molecule has 0 aliphatic heterocycles. The molecule has 0 aromatic heterocycles. The summed E-state index contributed by atoms with van der Waals surface area (Å²) in [4.78, 5) is 12.4. The van der Waals surface area contributed by atoms with E-state index in [-0.39, 0.29) is 10.8 Å². The number of hydrogen-bond acceptors (Lipinski definition) is 4. The Morgan fingerprint density at radius 3 is 2.59 bits per heavy atom. The van der Waals surface area contributed by atoms with Crippen LogP contribution in [0.2, 0.25) is 0 Å². The van der Waals surface area contributed by atoms with E-state index in [4.69, 9.17) is 4.74 Å². The zero-order valence-electron chi connectivity index (χ0n) is 15.9. The first kappa shape index (κ1) is 20.9. The number of sulfonamides is 1. The Labute approximate surface area is 161 Å². The van der Waals surface area contributed by atoms with Gasteiger partial charge in [-0.1, -0.05) is 18.2 Å². The summed E-state index contributed by atoms with van der Waals surface area (Å²) < 4.78 is 33.4. The standard InChI is InChI=1S/C20H26N2O4S/c1-4-26-12-6-11-21-20(23)17-10-9-16(3)19(14-17)27(24,25)22-18-8-5-7-15(2)13-18/h5,7-10,13-14,22H,4,6,11-12H2,1-3H3,(H,21,23). The molecule has 1 amide bonds. The molecule has 0 radical (unpaired) electrons. The molecule has 2 aromatic carbocycles. The number of nitrogens with one attached hydrogen (secondary N) is 2. The van der Waals surface area contributed by atoms with Crippen molar-refractivity contribution in [2.75, 3.05) is 24.5 Å². The van der Waals surface area contributed by atoms with E-state index in [9.17, 15) is 13.2 Å². The van der Waals surface area contributed by atoms with E-state index in [0.29, 0.717) is 43.0 Å². The lowest BCUT2D eigenvalue weighted by Gasteiger charge is -2.12. The lowest BCUT2D eigenvalue weighted by atomic mass is 10.1. The van der Waals surface area contributed by atoms with Crippen molar-refractivity contribution in [1.29, 1.82) is 0 Å². The maximum absolute atomic E-state index is 12.8. The van der Waals surface area contributed by atoms with Crippen molar-refractivity contribution in [1.82, 2.24) is 5.32 Å². The molecule has 0 aliphatic rings. The number of ether oxygens (including phenoxy) is 1. The summed E-state index contributed by atoms with van der Waals surface area (Å²) in [5.74, 6) is -0.307. The van der Waals surface area contributed by atoms with Gasteiger partial charge in [0.25, 0.3) is 15.9 Å². The highest BCUT2D eigenvalue weighted by Crippen LogP contribution is 2.21. The zero-order chi connectivity index (χ0) is 19.9. The summed E-state index contributed by atoms with van der Waals surface area (Å²) in [6, 6.07) is 11.8. The van der Waals surface area contributed by atoms with E-state index in [1.807, 2.05) is 19.9 Å². The molecule has 2 N–H and O–H groups in total. The molecular weight excluding hydrogens is 364 g/mol. The monoisotopic (exact) mass is 390 g/mol. The van der Waals surface area contributed by atoms with E-state index < -0.39 is 10.0 Å². The molecule has 0 saturated heterocycles. The molecule has 7 heteroatoms. The van der Waals surface area contributed by atoms with Crippen LogP contribution in [0.4, 0.5) is 5.69 Å². The maximum atomic E-state index is 12.8. The predicted octanol–water partition coefficient (Wildman–Crippen LogP) is 3.26. The van der Waals surface area contributed by atoms with Crippen LogP contribution in [0.3, 0.4) is 0 Å². The van der Waals surface area contributed by atoms with Gasteiger partial charge in [-0.3, -0.25) is 9.52 Å². The minimum Gasteiger partial charge on any atom is -0.382 e. The molecule has 2 rings (SSSR count). The van der Waals surface area contributed by atoms with Crippen LogP contribution in [0.5, 0.6) is 0 Å². The van der Waals surface area contributed by atoms with Crippen molar-refractivity contribution < 1.29 is 17.9 Å². The third-order valence-electron chi connectivity index (χ3n) is 3.97. The fraction of sp³-hybridized carbons (Fsp3) is 0.350. The number of aryl methyl sites for hydroxylation is 2. The Hall–Kier alpha value is -2.38. The highest BCUT2D eigenvalue weighted by molar-refractivity contribution is 7.92. The number of amides is 1. The molecule has 0 heterocycles. The lowest BCUT2D eigenvalue weighted by molar-refractivity contribution is 0.0944. The predicted molar refractivity (Wildman–Crippen MR) is 107 cm³/mol. The molecule has 0 spiro atoms. The number of benzene rings is 2. The van der Waals surface area contributed by atoms with Crippen LogP contribution in [0.1, 0.15) is 34.8 Å². The van der Waals surface area contributed by atoms with Crippen LogP contribution in [0, 0.1) is 13.8 Å². The van der Waals surface area contributed by atoms with E-state index >= 15 is 0 Å². The Kier molecular flexibility index (Phi) is 7.38. The number of rotatable bonds is 9. The summed E-state index contributed by atoms with van der Waals surface area (Å²) in [5, 5.41) is 2.78. The fourth-order valence-corrected chi connectivity index (χ4v) is 3.89. The topological polar surface area (TPSA) is 84.5 Å². The average molecular weight is 391 g/mol. The van der Waals surface area contributed by atoms with Gasteiger partial charge in [0.15, 0.2) is 0 Å². The van der Waals surface area contributed by atoms with Gasteiger partial charge in [-0.2, -0.15) is 0 Å². The van der Waals surface area contributed by atoms with Crippen molar-refractivity contribution in [3.8, 4) is 0 Å². The quantitative estimate of drug-likeness (QED) is 0.644. The van der Waals surface area contributed by atoms with Crippen molar-refractivity contribution >= 4 is 21.6 Å². The number of hydrogen-bond donors (Lipinski definition) is 2. The van der Waals surface area contributed by atoms with E-state index in [1.54, 1.807) is 37.3 Å². The molecule has 0 atom stereocenters. The molecule has 2 aromatic rings. The van der Waals surface area contributed by atoms with Crippen LogP contribution in [0.25, 0.3) is 0 Å². The van der Waals surface area contributed by atoms with Crippen molar-refractivity contribution in [3.05, 3.63) is 59.2 Å². The minimum absolute atomic E-state index is 0.0889. The van der Waals surface area contributed by atoms with Gasteiger partial charge in [0.1, 0.15) is 0 Å². The molecule has 0 unspecified atom stereocenters.